The minimum absolute atomic E-state index is 0. The number of esters is 1. The Kier molecular flexibility index (Phi) is 58.2. The number of para-hydroxylation sites is 6. The van der Waals surface area contributed by atoms with Crippen LogP contribution in [-0.2, 0) is 117 Å². The summed E-state index contributed by atoms with van der Waals surface area (Å²) in [6, 6.07) is 54.6. The molecule has 0 saturated carbocycles. The minimum Gasteiger partial charge on any atom is -0.450 e. The monoisotopic (exact) mass is 1820 g/mol. The average molecular weight is 1820 g/mol. The molecule has 38 heteroatoms. The van der Waals surface area contributed by atoms with Crippen LogP contribution in [0.2, 0.25) is 0 Å². The summed E-state index contributed by atoms with van der Waals surface area (Å²) in [5, 5.41) is 61.6. The molecule has 119 heavy (non-hydrogen) atoms. The maximum atomic E-state index is 11.4. The van der Waals surface area contributed by atoms with E-state index in [9.17, 15) is 29.3 Å². The molecule has 7 N–H and O–H groups in total. The number of amides is 1. The number of aliphatic hydroxyl groups excluding tert-OH is 3. The summed E-state index contributed by atoms with van der Waals surface area (Å²) in [5.74, 6) is -0.146. The zero-order valence-electron chi connectivity index (χ0n) is 66.5. The number of carbonyl (C=O) groups is 4. The summed E-state index contributed by atoms with van der Waals surface area (Å²) < 4.78 is 23.6. The third-order valence-corrected chi connectivity index (χ3v) is 30.3. The highest BCUT2D eigenvalue weighted by Gasteiger charge is 2.24. The van der Waals surface area contributed by atoms with Gasteiger partial charge in [-0.1, -0.05) is 148 Å². The average Bonchev–Trinajstić information content (AvgIpc) is 0.791. The summed E-state index contributed by atoms with van der Waals surface area (Å²) in [6.45, 7) is 18.0. The molecule has 28 nitrogen and oxygen atoms in total. The Bertz CT molecular complexity index is 4910. The molecule has 10 aromatic rings. The summed E-state index contributed by atoms with van der Waals surface area (Å²) in [5.41, 5.74) is 23.9. The summed E-state index contributed by atoms with van der Waals surface area (Å²) >= 11 is 9.31. The van der Waals surface area contributed by atoms with E-state index >= 15 is 0 Å². The van der Waals surface area contributed by atoms with Crippen molar-refractivity contribution in [3.05, 3.63) is 201 Å². The van der Waals surface area contributed by atoms with E-state index in [1.165, 1.54) is 81.9 Å². The highest BCUT2D eigenvalue weighted by Crippen LogP contribution is 2.34. The molecule has 0 unspecified atom stereocenters. The zero-order chi connectivity index (χ0) is 85.9. The lowest BCUT2D eigenvalue weighted by Crippen LogP contribution is -2.29. The van der Waals surface area contributed by atoms with E-state index in [1.807, 2.05) is 67.6 Å². The van der Waals surface area contributed by atoms with Gasteiger partial charge in [0.25, 0.3) is 5.69 Å². The number of non-ortho nitro benzene ring substituents is 1. The maximum absolute atomic E-state index is 11.4. The molecule has 646 valence electrons. The first kappa shape index (κ1) is 108. The molecular weight excluding hydrogens is 1710 g/mol. The number of nitro benzene ring substituents is 1. The molecule has 0 aliphatic heterocycles. The van der Waals surface area contributed by atoms with Crippen LogP contribution in [0, 0.1) is 10.1 Å². The van der Waals surface area contributed by atoms with Crippen molar-refractivity contribution in [3.8, 4) is 5.75 Å². The number of nitro groups is 1. The second-order valence-corrected chi connectivity index (χ2v) is 40.0. The van der Waals surface area contributed by atoms with E-state index in [1.54, 1.807) is 94.8 Å². The molecule has 3 heterocycles. The molecule has 1 amide bonds. The summed E-state index contributed by atoms with van der Waals surface area (Å²) in [4.78, 5) is 73.0. The van der Waals surface area contributed by atoms with Crippen LogP contribution in [0.1, 0.15) is 134 Å². The Labute approximate surface area is 728 Å². The van der Waals surface area contributed by atoms with Gasteiger partial charge >= 0.3 is 24.4 Å². The van der Waals surface area contributed by atoms with Crippen LogP contribution in [0.4, 0.5) is 37.1 Å². The zero-order valence-corrected chi connectivity index (χ0v) is 74.7. The van der Waals surface area contributed by atoms with E-state index in [0.717, 1.165) is 141 Å². The quantitative estimate of drug-likeness (QED) is 0.00226. The molecule has 0 fully saturated rings. The summed E-state index contributed by atoms with van der Waals surface area (Å²) in [7, 11) is 13.7. The Morgan fingerprint density at radius 2 is 0.807 bits per heavy atom. The van der Waals surface area contributed by atoms with E-state index in [4.69, 9.17) is 55.5 Å². The fraction of sp³-hybridized carbons (Fsp3) is 0.395. The molecule has 0 saturated heterocycles. The molecule has 0 radical (unpaired) electrons. The number of fused-ring (bicyclic) bond motifs is 6. The van der Waals surface area contributed by atoms with Crippen LogP contribution in [0.25, 0.3) is 86.3 Å². The number of aromatic nitrogens is 3. The van der Waals surface area contributed by atoms with Gasteiger partial charge in [-0.15, -0.1) is 0 Å². The number of unbranched alkanes of at least 4 members (excludes halogenated alkanes) is 6. The van der Waals surface area contributed by atoms with Crippen molar-refractivity contribution in [2.75, 3.05) is 82.1 Å². The lowest BCUT2D eigenvalue weighted by atomic mass is 10.1. The Morgan fingerprint density at radius 1 is 0.487 bits per heavy atom. The Balaban J connectivity index is 0.000000718. The number of ether oxygens (including phenoxy) is 5. The minimum atomic E-state index is -1.06. The van der Waals surface area contributed by atoms with Gasteiger partial charge in [0.2, 0.25) is 0 Å². The van der Waals surface area contributed by atoms with Crippen molar-refractivity contribution in [1.82, 2.24) is 20.3 Å². The van der Waals surface area contributed by atoms with Gasteiger partial charge < -0.3 is 60.3 Å². The van der Waals surface area contributed by atoms with Crippen molar-refractivity contribution in [2.24, 2.45) is 10.2 Å². The number of hydrogen-bond acceptors (Lipinski definition) is 24. The van der Waals surface area contributed by atoms with Crippen molar-refractivity contribution in [1.29, 1.82) is 0 Å². The SMILES string of the molecule is C.C.CC(=O)Oc1ccc([N+](=O)[O-])cc1.CC(C)(C)OC(=O)OC(=O)OC(C)(C)C.CCCN=[N+]=[N-].CO.OCCCCCNc1c2ccccc2nc2ccccc12.OCCCCCNc1c2ccccc2nc2ccccc12.S=S=S=S=S=S=S=S=S=S.[N-]=[N+]=NCCNC(=O)OCCCCCNc1c2ccccc2nc2ccccc12. The second-order valence-electron chi connectivity index (χ2n) is 25.9. The number of hydrogen-bond donors (Lipinski definition) is 7. The first-order valence-corrected chi connectivity index (χ1v) is 48.8. The van der Waals surface area contributed by atoms with E-state index in [0.29, 0.717) is 18.9 Å². The van der Waals surface area contributed by atoms with Crippen LogP contribution in [0.15, 0.2) is 180 Å². The molecule has 0 aliphatic carbocycles. The number of anilines is 3. The highest BCUT2D eigenvalue weighted by molar-refractivity contribution is 8.73. The fourth-order valence-electron chi connectivity index (χ4n) is 10.1. The molecule has 0 spiro atoms. The molecular formula is C81H108N14O14S10. The van der Waals surface area contributed by atoms with Crippen molar-refractivity contribution < 1.29 is 63.1 Å². The summed E-state index contributed by atoms with van der Waals surface area (Å²) in [6.07, 6.45) is 7.00. The van der Waals surface area contributed by atoms with Gasteiger partial charge in [-0.25, -0.2) is 29.3 Å². The number of carbonyl (C=O) groups excluding carboxylic acids is 4. The number of alkyl carbamates (subject to hydrolysis) is 1. The molecule has 3 aromatic heterocycles. The van der Waals surface area contributed by atoms with Crippen LogP contribution in [0.5, 0.6) is 5.75 Å². The standard InChI is InChI=1S/C21H24N6O2.2C18H20N2O.C10H18O5.C8H7NO4.C3H7N3.CH4O.2CH4.S10/c22-27-25-14-13-24-21(28)29-15-7-1-6-12-23-20-16-8-2-4-10-18(16)26-19-11-5-3-9-17(19)20;2*21-13-7-1-6-12-19-18-14-8-2-4-10-16(14)20-17-11-5-3-9-15(17)18;1-9(2,3)14-7(11)13-8(12)15-10(4,5)6;1-6(10)13-8-4-2-7(3-5-8)9(11)12;1-2-3-5-6-4;1-2;;;1-3-5-7-9-10-8-6-4-2/h2-5,8-11H,1,6-7,12-15H2,(H,23,26)(H,24,28);2*2-5,8-11,21H,1,6-7,12-13H2,(H,19,20);1-6H3;2-5H,1H3;2-3H2,1H3;2H,1H3;2*1H4;. The number of nitrogens with one attached hydrogen (secondary N) is 4. The van der Waals surface area contributed by atoms with Gasteiger partial charge in [0.05, 0.1) is 61.7 Å². The van der Waals surface area contributed by atoms with Gasteiger partial charge in [0.15, 0.2) is 0 Å². The second kappa shape index (κ2) is 64.5. The number of nitrogens with zero attached hydrogens (tertiary/aromatic N) is 10. The molecule has 0 aliphatic rings. The number of benzene rings is 7. The van der Waals surface area contributed by atoms with Crippen LogP contribution < -0.4 is 26.0 Å². The third kappa shape index (κ3) is 45.5. The first-order valence-electron chi connectivity index (χ1n) is 36.8. The van der Waals surface area contributed by atoms with Crippen molar-refractivity contribution >= 4 is 206 Å². The molecule has 0 bridgehead atoms. The van der Waals surface area contributed by atoms with Crippen LogP contribution in [0.3, 0.4) is 0 Å². The van der Waals surface area contributed by atoms with E-state index < -0.39 is 40.5 Å². The fourth-order valence-corrected chi connectivity index (χ4v) is 26.5. The number of rotatable bonds is 26. The lowest BCUT2D eigenvalue weighted by molar-refractivity contribution is -0.384. The smallest absolute Gasteiger partial charge is 0.450 e. The van der Waals surface area contributed by atoms with Crippen LogP contribution in [-0.4, -0.2) is 137 Å². The van der Waals surface area contributed by atoms with E-state index in [-0.39, 0.29) is 46.8 Å². The topological polar surface area (TPSA) is 403 Å². The first-order chi connectivity index (χ1) is 56.5. The van der Waals surface area contributed by atoms with E-state index in [2.05, 4.69) is 158 Å². The van der Waals surface area contributed by atoms with Gasteiger partial charge in [-0.2, -0.15) is 0 Å². The molecule has 7 aromatic carbocycles. The Hall–Kier alpha value is -9.47. The number of pyridine rings is 3. The third-order valence-electron chi connectivity index (χ3n) is 14.8. The van der Waals surface area contributed by atoms with Crippen molar-refractivity contribution in [2.45, 2.75) is 146 Å². The molecule has 10 rings (SSSR count). The predicted octanol–water partition coefficient (Wildman–Crippen LogP) is 19.9. The Morgan fingerprint density at radius 3 is 1.09 bits per heavy atom. The van der Waals surface area contributed by atoms with Gasteiger partial charge in [-0.05, 0) is 159 Å². The van der Waals surface area contributed by atoms with Crippen molar-refractivity contribution in [3.63, 3.8) is 0 Å². The normalized spacial score (nSPS) is 9.95. The predicted molar refractivity (Wildman–Crippen MR) is 510 cm³/mol. The lowest BCUT2D eigenvalue weighted by Gasteiger charge is -2.20. The van der Waals surface area contributed by atoms with Gasteiger partial charge in [0, 0.05) is 214 Å². The maximum Gasteiger partial charge on any atom is 0.519 e. The largest absolute Gasteiger partial charge is 0.519 e. The number of aliphatic hydroxyl groups is 3. The molecule has 0 atom stereocenters. The van der Waals surface area contributed by atoms with Gasteiger partial charge in [0.1, 0.15) is 17.0 Å². The van der Waals surface area contributed by atoms with Gasteiger partial charge in [-0.3, -0.25) is 14.9 Å². The highest BCUT2D eigenvalue weighted by atomic mass is 33.4. The van der Waals surface area contributed by atoms with Crippen LogP contribution >= 0.6 is 0 Å². The number of azide groups is 2.